The number of anilines is 2. The summed E-state index contributed by atoms with van der Waals surface area (Å²) >= 11 is 1.33. The largest absolute Gasteiger partial charge is 0.296 e. The number of amides is 1. The number of nitrogens with zero attached hydrogens (tertiary/aromatic N) is 3. The molecule has 1 amide bonds. The van der Waals surface area contributed by atoms with Gasteiger partial charge in [-0.05, 0) is 42.8 Å². The molecule has 28 heavy (non-hydrogen) atoms. The number of sulfonamides is 1. The molecule has 0 atom stereocenters. The third-order valence-electron chi connectivity index (χ3n) is 4.05. The molecule has 1 aromatic heterocycles. The smallest absolute Gasteiger partial charge is 0.264 e. The van der Waals surface area contributed by atoms with Crippen LogP contribution in [0.4, 0.5) is 10.8 Å². The Morgan fingerprint density at radius 2 is 1.75 bits per heavy atom. The number of nitrogens with one attached hydrogen (secondary N) is 1. The molecule has 0 saturated heterocycles. The van der Waals surface area contributed by atoms with Crippen LogP contribution in [-0.2, 0) is 16.4 Å². The van der Waals surface area contributed by atoms with Gasteiger partial charge in [-0.3, -0.25) is 14.4 Å². The van der Waals surface area contributed by atoms with Crippen LogP contribution < -0.4 is 9.62 Å². The van der Waals surface area contributed by atoms with Crippen molar-refractivity contribution in [1.82, 2.24) is 10.2 Å². The minimum atomic E-state index is -3.72. The molecular formula is C19H20N4O3S2. The van der Waals surface area contributed by atoms with Crippen molar-refractivity contribution in [1.29, 1.82) is 0 Å². The fourth-order valence-corrected chi connectivity index (χ4v) is 4.53. The second kappa shape index (κ2) is 8.49. The minimum absolute atomic E-state index is 0.108. The summed E-state index contributed by atoms with van der Waals surface area (Å²) in [6.45, 7) is 2.05. The molecule has 2 aromatic carbocycles. The monoisotopic (exact) mass is 416 g/mol. The number of carbonyl (C=O) groups excluding carboxylic acids is 1. The first-order valence-corrected chi connectivity index (χ1v) is 10.9. The number of carbonyl (C=O) groups is 1. The summed E-state index contributed by atoms with van der Waals surface area (Å²) in [5.41, 5.74) is 0.900. The molecule has 0 unspecified atom stereocenters. The van der Waals surface area contributed by atoms with Crippen molar-refractivity contribution >= 4 is 38.1 Å². The van der Waals surface area contributed by atoms with Crippen LogP contribution in [0.15, 0.2) is 59.5 Å². The summed E-state index contributed by atoms with van der Waals surface area (Å²) in [6.07, 6.45) is 1.77. The highest BCUT2D eigenvalue weighted by atomic mass is 32.2. The summed E-state index contributed by atoms with van der Waals surface area (Å²) < 4.78 is 26.8. The summed E-state index contributed by atoms with van der Waals surface area (Å²) in [4.78, 5) is 12.5. The lowest BCUT2D eigenvalue weighted by Gasteiger charge is -2.19. The average molecular weight is 417 g/mol. The standard InChI is InChI=1S/C19H20N4O3S2/c1-3-7-17-21-22-19(27-17)20-18(24)14-10-12-16(13-11-14)28(25,26)23(2)15-8-5-4-6-9-15/h4-6,8-13H,3,7H2,1-2H3,(H,20,22,24). The number of hydrogen-bond acceptors (Lipinski definition) is 6. The van der Waals surface area contributed by atoms with Gasteiger partial charge in [-0.2, -0.15) is 0 Å². The number of aryl methyl sites for hydroxylation is 1. The maximum Gasteiger partial charge on any atom is 0.264 e. The SMILES string of the molecule is CCCc1nnc(NC(=O)c2ccc(S(=O)(=O)N(C)c3ccccc3)cc2)s1. The number of rotatable bonds is 7. The van der Waals surface area contributed by atoms with Gasteiger partial charge in [0.2, 0.25) is 5.13 Å². The summed E-state index contributed by atoms with van der Waals surface area (Å²) in [5.74, 6) is -0.362. The first-order chi connectivity index (χ1) is 13.4. The average Bonchev–Trinajstić information content (AvgIpc) is 3.15. The van der Waals surface area contributed by atoms with Crippen LogP contribution in [0, 0.1) is 0 Å². The summed E-state index contributed by atoms with van der Waals surface area (Å²) in [5, 5.41) is 11.9. The zero-order valence-electron chi connectivity index (χ0n) is 15.5. The Balaban J connectivity index is 1.74. The molecule has 3 aromatic rings. The van der Waals surface area contributed by atoms with E-state index in [0.717, 1.165) is 17.8 Å². The highest BCUT2D eigenvalue weighted by molar-refractivity contribution is 7.92. The van der Waals surface area contributed by atoms with Crippen LogP contribution in [0.2, 0.25) is 0 Å². The first-order valence-electron chi connectivity index (χ1n) is 8.69. The Morgan fingerprint density at radius 3 is 2.39 bits per heavy atom. The van der Waals surface area contributed by atoms with Crippen molar-refractivity contribution in [3.05, 3.63) is 65.2 Å². The molecule has 146 valence electrons. The van der Waals surface area contributed by atoms with Crippen molar-refractivity contribution in [2.75, 3.05) is 16.7 Å². The molecule has 1 N–H and O–H groups in total. The highest BCUT2D eigenvalue weighted by Crippen LogP contribution is 2.22. The van der Waals surface area contributed by atoms with Gasteiger partial charge in [0.05, 0.1) is 10.6 Å². The molecule has 0 spiro atoms. The van der Waals surface area contributed by atoms with Crippen molar-refractivity contribution < 1.29 is 13.2 Å². The molecular weight excluding hydrogens is 396 g/mol. The Kier molecular flexibility index (Phi) is 6.05. The zero-order valence-corrected chi connectivity index (χ0v) is 17.1. The topological polar surface area (TPSA) is 92.3 Å². The van der Waals surface area contributed by atoms with Gasteiger partial charge >= 0.3 is 0 Å². The van der Waals surface area contributed by atoms with Gasteiger partial charge in [-0.1, -0.05) is 36.5 Å². The van der Waals surface area contributed by atoms with Crippen LogP contribution in [0.5, 0.6) is 0 Å². The van der Waals surface area contributed by atoms with Crippen LogP contribution in [0.1, 0.15) is 28.7 Å². The van der Waals surface area contributed by atoms with E-state index in [4.69, 9.17) is 0 Å². The van der Waals surface area contributed by atoms with Crippen LogP contribution in [-0.4, -0.2) is 31.6 Å². The van der Waals surface area contributed by atoms with E-state index in [1.807, 2.05) is 13.0 Å². The molecule has 0 aliphatic heterocycles. The highest BCUT2D eigenvalue weighted by Gasteiger charge is 2.21. The number of aromatic nitrogens is 2. The molecule has 0 aliphatic rings. The Hall–Kier alpha value is -2.78. The van der Waals surface area contributed by atoms with Crippen LogP contribution in [0.3, 0.4) is 0 Å². The Morgan fingerprint density at radius 1 is 1.07 bits per heavy atom. The van der Waals surface area contributed by atoms with E-state index in [1.165, 1.54) is 47.0 Å². The van der Waals surface area contributed by atoms with E-state index in [0.29, 0.717) is 16.4 Å². The number of para-hydroxylation sites is 1. The molecule has 0 fully saturated rings. The second-order valence-electron chi connectivity index (χ2n) is 6.04. The van der Waals surface area contributed by atoms with Gasteiger partial charge < -0.3 is 0 Å². The van der Waals surface area contributed by atoms with E-state index < -0.39 is 10.0 Å². The predicted molar refractivity (Wildman–Crippen MR) is 110 cm³/mol. The predicted octanol–water partition coefficient (Wildman–Crippen LogP) is 3.57. The van der Waals surface area contributed by atoms with Crippen molar-refractivity contribution in [3.8, 4) is 0 Å². The fraction of sp³-hybridized carbons (Fsp3) is 0.211. The molecule has 0 aliphatic carbocycles. The third-order valence-corrected chi connectivity index (χ3v) is 6.74. The van der Waals surface area contributed by atoms with E-state index in [1.54, 1.807) is 24.3 Å². The molecule has 0 bridgehead atoms. The van der Waals surface area contributed by atoms with Crippen LogP contribution >= 0.6 is 11.3 Å². The zero-order chi connectivity index (χ0) is 20.1. The van der Waals surface area contributed by atoms with Crippen molar-refractivity contribution in [2.45, 2.75) is 24.7 Å². The van der Waals surface area contributed by atoms with Crippen molar-refractivity contribution in [2.24, 2.45) is 0 Å². The van der Waals surface area contributed by atoms with Gasteiger partial charge in [-0.25, -0.2) is 8.42 Å². The summed E-state index contributed by atoms with van der Waals surface area (Å²) in [6, 6.07) is 14.6. The normalized spacial score (nSPS) is 11.2. The molecule has 9 heteroatoms. The van der Waals surface area contributed by atoms with Gasteiger partial charge in [0, 0.05) is 19.0 Å². The lowest BCUT2D eigenvalue weighted by molar-refractivity contribution is 0.102. The lowest BCUT2D eigenvalue weighted by Crippen LogP contribution is -2.26. The quantitative estimate of drug-likeness (QED) is 0.636. The molecule has 0 radical (unpaired) electrons. The Labute approximate surface area is 168 Å². The summed E-state index contributed by atoms with van der Waals surface area (Å²) in [7, 11) is -2.22. The van der Waals surface area contributed by atoms with Gasteiger partial charge in [-0.15, -0.1) is 10.2 Å². The van der Waals surface area contributed by atoms with Gasteiger partial charge in [0.15, 0.2) is 0 Å². The molecule has 7 nitrogen and oxygen atoms in total. The van der Waals surface area contributed by atoms with Gasteiger partial charge in [0.1, 0.15) is 5.01 Å². The Bertz CT molecular complexity index is 1050. The van der Waals surface area contributed by atoms with E-state index in [9.17, 15) is 13.2 Å². The lowest BCUT2D eigenvalue weighted by atomic mass is 10.2. The molecule has 1 heterocycles. The van der Waals surface area contributed by atoms with Crippen molar-refractivity contribution in [3.63, 3.8) is 0 Å². The number of hydrogen-bond donors (Lipinski definition) is 1. The van der Waals surface area contributed by atoms with E-state index >= 15 is 0 Å². The maximum absolute atomic E-state index is 12.8. The van der Waals surface area contributed by atoms with E-state index in [2.05, 4.69) is 15.5 Å². The third kappa shape index (κ3) is 4.37. The first kappa shape index (κ1) is 20.0. The minimum Gasteiger partial charge on any atom is -0.296 e. The maximum atomic E-state index is 12.8. The second-order valence-corrected chi connectivity index (χ2v) is 9.07. The van der Waals surface area contributed by atoms with Crippen LogP contribution in [0.25, 0.3) is 0 Å². The van der Waals surface area contributed by atoms with Gasteiger partial charge in [0.25, 0.3) is 15.9 Å². The fourth-order valence-electron chi connectivity index (χ4n) is 2.50. The molecule has 0 saturated carbocycles. The number of benzene rings is 2. The van der Waals surface area contributed by atoms with E-state index in [-0.39, 0.29) is 10.8 Å². The molecule has 3 rings (SSSR count).